The van der Waals surface area contributed by atoms with Crippen LogP contribution in [0.3, 0.4) is 0 Å². The van der Waals surface area contributed by atoms with E-state index in [9.17, 15) is 4.79 Å². The minimum absolute atomic E-state index is 0.174. The van der Waals surface area contributed by atoms with E-state index in [2.05, 4.69) is 40.4 Å². The number of nitrogens with zero attached hydrogens (tertiary/aromatic N) is 5. The Labute approximate surface area is 192 Å². The second-order valence-electron chi connectivity index (χ2n) is 8.52. The Bertz CT molecular complexity index is 1250. The van der Waals surface area contributed by atoms with Crippen LogP contribution >= 0.6 is 11.8 Å². The molecule has 0 unspecified atom stereocenters. The van der Waals surface area contributed by atoms with Gasteiger partial charge in [-0.15, -0.1) is 5.10 Å². The van der Waals surface area contributed by atoms with Crippen molar-refractivity contribution in [1.82, 2.24) is 24.5 Å². The molecule has 0 N–H and O–H groups in total. The number of piperidine rings is 1. The fourth-order valence-corrected chi connectivity index (χ4v) is 5.42. The van der Waals surface area contributed by atoms with Crippen LogP contribution in [-0.2, 0) is 11.2 Å². The molecule has 0 radical (unpaired) electrons. The van der Waals surface area contributed by atoms with Gasteiger partial charge in [0, 0.05) is 18.5 Å². The summed E-state index contributed by atoms with van der Waals surface area (Å²) in [5, 5.41) is 5.98. The number of para-hydroxylation sites is 1. The molecule has 0 aliphatic carbocycles. The van der Waals surface area contributed by atoms with Crippen LogP contribution in [0.4, 0.5) is 0 Å². The molecule has 3 heterocycles. The first-order valence-corrected chi connectivity index (χ1v) is 12.1. The number of benzene rings is 2. The van der Waals surface area contributed by atoms with E-state index in [1.165, 1.54) is 17.3 Å². The molecule has 0 bridgehead atoms. The van der Waals surface area contributed by atoms with Crippen molar-refractivity contribution in [3.05, 3.63) is 66.0 Å². The summed E-state index contributed by atoms with van der Waals surface area (Å²) in [4.78, 5) is 24.6. The number of carbonyl (C=O) groups excluding carboxylic acids is 1. The molecule has 5 rings (SSSR count). The zero-order valence-corrected chi connectivity index (χ0v) is 19.3. The van der Waals surface area contributed by atoms with Crippen LogP contribution in [0.5, 0.6) is 0 Å². The van der Waals surface area contributed by atoms with E-state index in [0.29, 0.717) is 16.9 Å². The molecule has 7 heteroatoms. The summed E-state index contributed by atoms with van der Waals surface area (Å²) in [5.74, 6) is 1.52. The predicted octanol–water partition coefficient (Wildman–Crippen LogP) is 4.55. The van der Waals surface area contributed by atoms with Gasteiger partial charge in [0.2, 0.25) is 5.91 Å². The summed E-state index contributed by atoms with van der Waals surface area (Å²) < 4.78 is 1.78. The lowest BCUT2D eigenvalue weighted by atomic mass is 9.90. The van der Waals surface area contributed by atoms with Gasteiger partial charge >= 0.3 is 0 Å². The smallest absolute Gasteiger partial charge is 0.235 e. The molecule has 164 valence electrons. The van der Waals surface area contributed by atoms with Crippen LogP contribution in [0.2, 0.25) is 0 Å². The van der Waals surface area contributed by atoms with Crippen LogP contribution in [0.15, 0.2) is 59.8 Å². The van der Waals surface area contributed by atoms with E-state index in [1.807, 2.05) is 43.0 Å². The first-order valence-electron chi connectivity index (χ1n) is 11.2. The van der Waals surface area contributed by atoms with Crippen LogP contribution in [0, 0.1) is 12.8 Å². The van der Waals surface area contributed by atoms with Gasteiger partial charge in [-0.25, -0.2) is 9.97 Å². The fraction of sp³-hybridized carbons (Fsp3) is 0.360. The van der Waals surface area contributed by atoms with Crippen molar-refractivity contribution < 1.29 is 4.79 Å². The first-order chi connectivity index (χ1) is 15.6. The first kappa shape index (κ1) is 20.9. The third kappa shape index (κ3) is 4.21. The highest BCUT2D eigenvalue weighted by Crippen LogP contribution is 2.29. The lowest BCUT2D eigenvalue weighted by Gasteiger charge is -2.33. The number of rotatable bonds is 5. The molecular weight excluding hydrogens is 418 g/mol. The lowest BCUT2D eigenvalue weighted by molar-refractivity contribution is -0.131. The van der Waals surface area contributed by atoms with Crippen molar-refractivity contribution in [2.24, 2.45) is 5.92 Å². The van der Waals surface area contributed by atoms with Gasteiger partial charge in [0.25, 0.3) is 0 Å². The number of aryl methyl sites for hydroxylation is 1. The number of likely N-dealkylation sites (tertiary alicyclic amines) is 1. The Balaban J connectivity index is 1.27. The number of aromatic nitrogens is 4. The summed E-state index contributed by atoms with van der Waals surface area (Å²) in [6, 6.07) is 18.6. The fourth-order valence-electron chi connectivity index (χ4n) is 4.48. The van der Waals surface area contributed by atoms with Crippen molar-refractivity contribution in [2.75, 3.05) is 13.1 Å². The monoisotopic (exact) mass is 445 g/mol. The number of hydrogen-bond acceptors (Lipinski definition) is 5. The minimum Gasteiger partial charge on any atom is -0.342 e. The van der Waals surface area contributed by atoms with E-state index < -0.39 is 0 Å². The van der Waals surface area contributed by atoms with Gasteiger partial charge < -0.3 is 4.90 Å². The van der Waals surface area contributed by atoms with Crippen LogP contribution in [-0.4, -0.2) is 48.7 Å². The van der Waals surface area contributed by atoms with E-state index in [1.54, 1.807) is 4.52 Å². The highest BCUT2D eigenvalue weighted by atomic mass is 32.2. The molecule has 1 aliphatic rings. The number of fused-ring (bicyclic) bond motifs is 3. The van der Waals surface area contributed by atoms with E-state index in [4.69, 9.17) is 4.98 Å². The molecular formula is C25H27N5OS. The zero-order valence-electron chi connectivity index (χ0n) is 18.4. The van der Waals surface area contributed by atoms with Crippen molar-refractivity contribution in [3.63, 3.8) is 0 Å². The van der Waals surface area contributed by atoms with Gasteiger partial charge in [-0.3, -0.25) is 4.79 Å². The van der Waals surface area contributed by atoms with Gasteiger partial charge in [-0.1, -0.05) is 54.2 Å². The molecule has 2 aromatic heterocycles. The summed E-state index contributed by atoms with van der Waals surface area (Å²) in [5.41, 5.74) is 3.05. The Kier molecular flexibility index (Phi) is 5.83. The standard InChI is InChI=1S/C25H27N5OS/c1-17(24(31)29-14-12-20(13-15-29)16-19-8-4-3-5-9-19)32-25-27-22-11-7-6-10-21(22)23-26-18(2)28-30(23)25/h3-11,17,20H,12-16H2,1-2H3/t17-/m0/s1. The zero-order chi connectivity index (χ0) is 22.1. The number of hydrogen-bond donors (Lipinski definition) is 0. The van der Waals surface area contributed by atoms with Gasteiger partial charge in [-0.2, -0.15) is 4.52 Å². The van der Waals surface area contributed by atoms with Gasteiger partial charge in [0.15, 0.2) is 10.8 Å². The van der Waals surface area contributed by atoms with Crippen molar-refractivity contribution in [2.45, 2.75) is 43.5 Å². The molecule has 1 atom stereocenters. The van der Waals surface area contributed by atoms with E-state index >= 15 is 0 Å². The molecule has 1 aliphatic heterocycles. The summed E-state index contributed by atoms with van der Waals surface area (Å²) in [6.07, 6.45) is 3.20. The molecule has 1 amide bonds. The second kappa shape index (κ2) is 8.90. The normalized spacial score (nSPS) is 16.0. The second-order valence-corrected chi connectivity index (χ2v) is 9.83. The predicted molar refractivity (Wildman–Crippen MR) is 128 cm³/mol. The Hall–Kier alpha value is -2.93. The third-order valence-electron chi connectivity index (χ3n) is 6.18. The molecule has 32 heavy (non-hydrogen) atoms. The molecule has 2 aromatic carbocycles. The average Bonchev–Trinajstić information content (AvgIpc) is 3.22. The number of thioether (sulfide) groups is 1. The summed E-state index contributed by atoms with van der Waals surface area (Å²) in [6.45, 7) is 5.49. The molecule has 6 nitrogen and oxygen atoms in total. The molecule has 1 fully saturated rings. The number of amides is 1. The lowest BCUT2D eigenvalue weighted by Crippen LogP contribution is -2.42. The third-order valence-corrected chi connectivity index (χ3v) is 7.21. The van der Waals surface area contributed by atoms with E-state index in [0.717, 1.165) is 48.9 Å². The Morgan fingerprint density at radius 2 is 1.78 bits per heavy atom. The van der Waals surface area contributed by atoms with E-state index in [-0.39, 0.29) is 11.2 Å². The maximum Gasteiger partial charge on any atom is 0.235 e. The van der Waals surface area contributed by atoms with Gasteiger partial charge in [-0.05, 0) is 56.7 Å². The maximum atomic E-state index is 13.2. The van der Waals surface area contributed by atoms with Crippen molar-refractivity contribution in [1.29, 1.82) is 0 Å². The SMILES string of the molecule is Cc1nc2c3ccccc3nc(S[C@@H](C)C(=O)N3CCC(Cc4ccccc4)CC3)n2n1. The van der Waals surface area contributed by atoms with Crippen LogP contribution < -0.4 is 0 Å². The average molecular weight is 446 g/mol. The Morgan fingerprint density at radius 3 is 2.56 bits per heavy atom. The highest BCUT2D eigenvalue weighted by Gasteiger charge is 2.28. The molecule has 0 spiro atoms. The molecule has 4 aromatic rings. The van der Waals surface area contributed by atoms with Crippen LogP contribution in [0.25, 0.3) is 16.6 Å². The molecule has 1 saturated heterocycles. The molecule has 0 saturated carbocycles. The summed E-state index contributed by atoms with van der Waals surface area (Å²) >= 11 is 1.46. The van der Waals surface area contributed by atoms with Gasteiger partial charge in [0.1, 0.15) is 5.82 Å². The Morgan fingerprint density at radius 1 is 1.06 bits per heavy atom. The maximum absolute atomic E-state index is 13.2. The minimum atomic E-state index is -0.234. The number of carbonyl (C=O) groups is 1. The van der Waals surface area contributed by atoms with Crippen molar-refractivity contribution in [3.8, 4) is 0 Å². The van der Waals surface area contributed by atoms with Gasteiger partial charge in [0.05, 0.1) is 10.8 Å². The topological polar surface area (TPSA) is 63.4 Å². The largest absolute Gasteiger partial charge is 0.342 e. The van der Waals surface area contributed by atoms with Crippen molar-refractivity contribution >= 4 is 34.2 Å². The summed E-state index contributed by atoms with van der Waals surface area (Å²) in [7, 11) is 0. The van der Waals surface area contributed by atoms with Crippen LogP contribution in [0.1, 0.15) is 31.2 Å². The highest BCUT2D eigenvalue weighted by molar-refractivity contribution is 8.00. The quantitative estimate of drug-likeness (QED) is 0.333.